The summed E-state index contributed by atoms with van der Waals surface area (Å²) in [5.41, 5.74) is 3.76. The van der Waals surface area contributed by atoms with Crippen LogP contribution in [0.3, 0.4) is 0 Å². The topological polar surface area (TPSA) is 85.7 Å². The van der Waals surface area contributed by atoms with E-state index >= 15 is 0 Å². The van der Waals surface area contributed by atoms with E-state index in [0.717, 1.165) is 16.8 Å². The molecule has 0 radical (unpaired) electrons. The minimum Gasteiger partial charge on any atom is -0.497 e. The van der Waals surface area contributed by atoms with Crippen LogP contribution in [0.5, 0.6) is 11.5 Å². The lowest BCUT2D eigenvalue weighted by atomic mass is 10.1. The highest BCUT2D eigenvalue weighted by Gasteiger charge is 2.29. The molecule has 0 aliphatic heterocycles. The molecule has 4 aromatic rings. The molecule has 3 aromatic carbocycles. The van der Waals surface area contributed by atoms with E-state index in [1.54, 1.807) is 48.0 Å². The molecule has 0 saturated heterocycles. The Hall–Kier alpha value is -4.33. The number of amides is 2. The summed E-state index contributed by atoms with van der Waals surface area (Å²) in [5, 5.41) is 3.50. The van der Waals surface area contributed by atoms with Crippen molar-refractivity contribution in [2.24, 2.45) is 0 Å². The third-order valence-electron chi connectivity index (χ3n) is 6.71. The first-order valence-corrected chi connectivity index (χ1v) is 12.7. The molecule has 1 heterocycles. The monoisotopic (exact) mass is 514 g/mol. The second-order valence-corrected chi connectivity index (χ2v) is 9.12. The van der Waals surface area contributed by atoms with Crippen molar-refractivity contribution < 1.29 is 14.3 Å². The molecule has 0 aliphatic carbocycles. The second-order valence-electron chi connectivity index (χ2n) is 9.12. The smallest absolute Gasteiger partial charge is 0.322 e. The van der Waals surface area contributed by atoms with Gasteiger partial charge >= 0.3 is 6.03 Å². The van der Waals surface area contributed by atoms with Crippen LogP contribution in [0.25, 0.3) is 16.6 Å². The molecule has 8 heteroatoms. The average molecular weight is 515 g/mol. The zero-order valence-corrected chi connectivity index (χ0v) is 22.7. The van der Waals surface area contributed by atoms with E-state index < -0.39 is 6.04 Å². The van der Waals surface area contributed by atoms with Gasteiger partial charge in [-0.05, 0) is 63.1 Å². The molecule has 0 aliphatic rings. The van der Waals surface area contributed by atoms with Gasteiger partial charge in [0.25, 0.3) is 5.56 Å². The minimum absolute atomic E-state index is 0.163. The number of carbonyl (C=O) groups is 1. The van der Waals surface area contributed by atoms with Crippen molar-refractivity contribution in [3.63, 3.8) is 0 Å². The lowest BCUT2D eigenvalue weighted by Gasteiger charge is -2.32. The number of anilines is 1. The van der Waals surface area contributed by atoms with Gasteiger partial charge < -0.3 is 19.7 Å². The summed E-state index contributed by atoms with van der Waals surface area (Å²) in [6, 6.07) is 17.7. The summed E-state index contributed by atoms with van der Waals surface area (Å²) in [5.74, 6) is 1.62. The van der Waals surface area contributed by atoms with E-state index in [9.17, 15) is 9.59 Å². The van der Waals surface area contributed by atoms with Crippen LogP contribution in [0, 0.1) is 13.8 Å². The molecule has 8 nitrogen and oxygen atoms in total. The van der Waals surface area contributed by atoms with Crippen molar-refractivity contribution >= 4 is 22.6 Å². The number of aryl methyl sites for hydroxylation is 2. The van der Waals surface area contributed by atoms with Crippen LogP contribution in [0.1, 0.15) is 43.3 Å². The van der Waals surface area contributed by atoms with Gasteiger partial charge in [-0.3, -0.25) is 9.36 Å². The summed E-state index contributed by atoms with van der Waals surface area (Å²) < 4.78 is 12.4. The Kier molecular flexibility index (Phi) is 8.00. The molecule has 1 aromatic heterocycles. The van der Waals surface area contributed by atoms with Gasteiger partial charge in [-0.1, -0.05) is 36.8 Å². The van der Waals surface area contributed by atoms with Gasteiger partial charge in [-0.2, -0.15) is 0 Å². The molecule has 0 bridgehead atoms. The summed E-state index contributed by atoms with van der Waals surface area (Å²) in [6.07, 6.45) is 0.552. The van der Waals surface area contributed by atoms with Crippen LogP contribution >= 0.6 is 0 Å². The molecule has 1 atom stereocenters. The number of nitrogens with zero attached hydrogens (tertiary/aromatic N) is 3. The quantitative estimate of drug-likeness (QED) is 0.311. The molecule has 0 saturated carbocycles. The number of aromatic nitrogens is 2. The van der Waals surface area contributed by atoms with Crippen molar-refractivity contribution in [2.75, 3.05) is 26.1 Å². The Morgan fingerprint density at radius 1 is 1.03 bits per heavy atom. The maximum atomic E-state index is 13.9. The molecule has 2 amide bonds. The molecule has 0 fully saturated rings. The molecule has 4 rings (SSSR count). The predicted octanol–water partition coefficient (Wildman–Crippen LogP) is 6.02. The van der Waals surface area contributed by atoms with Gasteiger partial charge in [0.1, 0.15) is 17.3 Å². The molecule has 0 spiro atoms. The van der Waals surface area contributed by atoms with Crippen LogP contribution < -0.4 is 20.3 Å². The van der Waals surface area contributed by atoms with Crippen LogP contribution in [0.15, 0.2) is 65.5 Å². The van der Waals surface area contributed by atoms with Gasteiger partial charge in [-0.15, -0.1) is 0 Å². The minimum atomic E-state index is -0.470. The van der Waals surface area contributed by atoms with E-state index in [1.807, 2.05) is 64.1 Å². The Bertz CT molecular complexity index is 1530. The number of methoxy groups -OCH3 is 2. The largest absolute Gasteiger partial charge is 0.497 e. The molecule has 198 valence electrons. The highest BCUT2D eigenvalue weighted by molar-refractivity contribution is 5.91. The van der Waals surface area contributed by atoms with Gasteiger partial charge in [0.15, 0.2) is 0 Å². The Morgan fingerprint density at radius 3 is 2.45 bits per heavy atom. The first-order chi connectivity index (χ1) is 18.3. The van der Waals surface area contributed by atoms with Crippen LogP contribution in [0.4, 0.5) is 10.5 Å². The SMILES string of the molecule is CCC(c1nc2ccccc2c(=O)n1-c1ccc(C)cc1C)N(CC)C(=O)Nc1ccc(OC)cc1OC. The van der Waals surface area contributed by atoms with Gasteiger partial charge in [0, 0.05) is 12.6 Å². The predicted molar refractivity (Wildman–Crippen MR) is 151 cm³/mol. The first-order valence-electron chi connectivity index (χ1n) is 12.7. The molecule has 38 heavy (non-hydrogen) atoms. The normalized spacial score (nSPS) is 11.7. The van der Waals surface area contributed by atoms with E-state index in [1.165, 1.54) is 0 Å². The summed E-state index contributed by atoms with van der Waals surface area (Å²) in [6.45, 7) is 8.30. The van der Waals surface area contributed by atoms with Crippen molar-refractivity contribution in [2.45, 2.75) is 40.2 Å². The molecule has 1 unspecified atom stereocenters. The van der Waals surface area contributed by atoms with Crippen LogP contribution in [-0.2, 0) is 0 Å². The van der Waals surface area contributed by atoms with Crippen LogP contribution in [-0.4, -0.2) is 41.2 Å². The van der Waals surface area contributed by atoms with E-state index in [2.05, 4.69) is 5.32 Å². The van der Waals surface area contributed by atoms with Crippen LogP contribution in [0.2, 0.25) is 0 Å². The molecular formula is C30H34N4O4. The number of fused-ring (bicyclic) bond motifs is 1. The highest BCUT2D eigenvalue weighted by Crippen LogP contribution is 2.31. The number of hydrogen-bond donors (Lipinski definition) is 1. The third kappa shape index (κ3) is 5.07. The van der Waals surface area contributed by atoms with E-state index in [0.29, 0.717) is 46.9 Å². The second kappa shape index (κ2) is 11.4. The summed E-state index contributed by atoms with van der Waals surface area (Å²) in [7, 11) is 3.11. The maximum absolute atomic E-state index is 13.9. The van der Waals surface area contributed by atoms with Crippen molar-refractivity contribution in [3.8, 4) is 17.2 Å². The fourth-order valence-electron chi connectivity index (χ4n) is 4.80. The number of benzene rings is 3. The fourth-order valence-corrected chi connectivity index (χ4v) is 4.80. The van der Waals surface area contributed by atoms with Crippen molar-refractivity contribution in [1.82, 2.24) is 14.5 Å². The number of ether oxygens (including phenoxy) is 2. The zero-order chi connectivity index (χ0) is 27.4. The number of urea groups is 1. The van der Waals surface area contributed by atoms with Gasteiger partial charge in [-0.25, -0.2) is 9.78 Å². The van der Waals surface area contributed by atoms with Crippen molar-refractivity contribution in [3.05, 3.63) is 88.0 Å². The Labute approximate surface area is 222 Å². The molecular weight excluding hydrogens is 480 g/mol. The lowest BCUT2D eigenvalue weighted by molar-refractivity contribution is 0.185. The van der Waals surface area contributed by atoms with Gasteiger partial charge in [0.2, 0.25) is 0 Å². The fraction of sp³-hybridized carbons (Fsp3) is 0.300. The molecule has 1 N–H and O–H groups in total. The summed E-state index contributed by atoms with van der Waals surface area (Å²) in [4.78, 5) is 34.2. The number of para-hydroxylation sites is 1. The number of carbonyl (C=O) groups excluding carboxylic acids is 1. The number of rotatable bonds is 8. The first kappa shape index (κ1) is 26.7. The van der Waals surface area contributed by atoms with E-state index in [4.69, 9.17) is 14.5 Å². The lowest BCUT2D eigenvalue weighted by Crippen LogP contribution is -2.40. The summed E-state index contributed by atoms with van der Waals surface area (Å²) >= 11 is 0. The Balaban J connectivity index is 1.84. The average Bonchev–Trinajstić information content (AvgIpc) is 2.92. The zero-order valence-electron chi connectivity index (χ0n) is 22.7. The standard InChI is InChI=1S/C30H34N4O4/c1-7-25(33(8-2)30(36)32-24-15-14-21(37-5)18-27(24)38-6)28-31-23-12-10-9-11-22(23)29(35)34(28)26-16-13-19(3)17-20(26)4/h9-18,25H,7-8H2,1-6H3,(H,32,36). The Morgan fingerprint density at radius 2 is 1.79 bits per heavy atom. The number of nitrogens with one attached hydrogen (secondary N) is 1. The van der Waals surface area contributed by atoms with E-state index in [-0.39, 0.29) is 11.6 Å². The van der Waals surface area contributed by atoms with Gasteiger partial charge in [0.05, 0.1) is 42.5 Å². The van der Waals surface area contributed by atoms with Crippen molar-refractivity contribution in [1.29, 1.82) is 0 Å². The maximum Gasteiger partial charge on any atom is 0.322 e. The highest BCUT2D eigenvalue weighted by atomic mass is 16.5. The third-order valence-corrected chi connectivity index (χ3v) is 6.71. The number of hydrogen-bond acceptors (Lipinski definition) is 5.